The molecule has 0 amide bonds. The number of phenols is 1. The summed E-state index contributed by atoms with van der Waals surface area (Å²) in [5, 5.41) is 9.79. The number of ether oxygens (including phenoxy) is 2. The van der Waals surface area contributed by atoms with E-state index in [2.05, 4.69) is 0 Å². The number of rotatable bonds is 6. The van der Waals surface area contributed by atoms with Crippen molar-refractivity contribution in [2.45, 2.75) is 13.3 Å². The van der Waals surface area contributed by atoms with E-state index in [0.717, 1.165) is 5.56 Å². The Morgan fingerprint density at radius 3 is 2.30 bits per heavy atom. The summed E-state index contributed by atoms with van der Waals surface area (Å²) in [5.74, 6) is -0.101. The molecule has 0 fully saturated rings. The summed E-state index contributed by atoms with van der Waals surface area (Å²) in [7, 11) is 2.94. The molecule has 5 nitrogen and oxygen atoms in total. The highest BCUT2D eigenvalue weighted by atomic mass is 16.5. The molecule has 0 saturated carbocycles. The van der Waals surface area contributed by atoms with Crippen molar-refractivity contribution in [3.05, 3.63) is 53.1 Å². The van der Waals surface area contributed by atoms with Crippen molar-refractivity contribution in [2.24, 2.45) is 0 Å². The van der Waals surface area contributed by atoms with Gasteiger partial charge in [0.15, 0.2) is 11.6 Å². The van der Waals surface area contributed by atoms with Crippen LogP contribution < -0.4 is 9.47 Å². The number of ketones is 2. The van der Waals surface area contributed by atoms with Crippen molar-refractivity contribution in [2.75, 3.05) is 14.2 Å². The normalized spacial score (nSPS) is 10.2. The van der Waals surface area contributed by atoms with Crippen molar-refractivity contribution in [3.8, 4) is 17.2 Å². The molecule has 0 unspecified atom stereocenters. The van der Waals surface area contributed by atoms with E-state index in [4.69, 9.17) is 9.47 Å². The fourth-order valence-electron chi connectivity index (χ4n) is 2.24. The fraction of sp³-hybridized carbons (Fsp3) is 0.222. The smallest absolute Gasteiger partial charge is 0.174 e. The Labute approximate surface area is 134 Å². The van der Waals surface area contributed by atoms with Gasteiger partial charge in [0.05, 0.1) is 31.8 Å². The summed E-state index contributed by atoms with van der Waals surface area (Å²) < 4.78 is 10.3. The zero-order chi connectivity index (χ0) is 17.0. The third-order valence-corrected chi connectivity index (χ3v) is 3.48. The first-order chi connectivity index (χ1) is 11.0. The second-order valence-corrected chi connectivity index (χ2v) is 5.11. The van der Waals surface area contributed by atoms with Crippen LogP contribution >= 0.6 is 0 Å². The van der Waals surface area contributed by atoms with Gasteiger partial charge in [0.25, 0.3) is 0 Å². The number of hydrogen-bond acceptors (Lipinski definition) is 5. The molecule has 1 N–H and O–H groups in total. The average Bonchev–Trinajstić information content (AvgIpc) is 2.56. The van der Waals surface area contributed by atoms with Crippen LogP contribution in [0.2, 0.25) is 0 Å². The van der Waals surface area contributed by atoms with E-state index in [9.17, 15) is 14.7 Å². The maximum atomic E-state index is 12.4. The molecule has 0 atom stereocenters. The zero-order valence-electron chi connectivity index (χ0n) is 13.3. The molecule has 0 bridgehead atoms. The summed E-state index contributed by atoms with van der Waals surface area (Å²) in [6.45, 7) is 1.81. The lowest BCUT2D eigenvalue weighted by molar-refractivity contribution is 0.0891. The maximum absolute atomic E-state index is 12.4. The van der Waals surface area contributed by atoms with Gasteiger partial charge in [-0.2, -0.15) is 0 Å². The van der Waals surface area contributed by atoms with Gasteiger partial charge in [0, 0.05) is 0 Å². The van der Waals surface area contributed by atoms with E-state index >= 15 is 0 Å². The summed E-state index contributed by atoms with van der Waals surface area (Å²) in [6, 6.07) is 9.51. The summed E-state index contributed by atoms with van der Waals surface area (Å²) in [5.41, 5.74) is 1.24. The quantitative estimate of drug-likeness (QED) is 0.655. The molecular formula is C18H18O5. The Kier molecular flexibility index (Phi) is 5.01. The number of hydrogen-bond donors (Lipinski definition) is 1. The molecule has 0 aliphatic carbocycles. The number of methoxy groups -OCH3 is 2. The van der Waals surface area contributed by atoms with E-state index in [0.29, 0.717) is 11.5 Å². The minimum Gasteiger partial charge on any atom is -0.507 e. The van der Waals surface area contributed by atoms with E-state index < -0.39 is 11.6 Å². The second kappa shape index (κ2) is 6.96. The van der Waals surface area contributed by atoms with Gasteiger partial charge in [-0.05, 0) is 37.3 Å². The van der Waals surface area contributed by atoms with Crippen molar-refractivity contribution in [1.82, 2.24) is 0 Å². The van der Waals surface area contributed by atoms with Gasteiger partial charge in [-0.15, -0.1) is 0 Å². The van der Waals surface area contributed by atoms with Gasteiger partial charge in [-0.3, -0.25) is 9.59 Å². The Bertz CT molecular complexity index is 749. The highest BCUT2D eigenvalue weighted by molar-refractivity contribution is 6.15. The molecule has 2 rings (SSSR count). The summed E-state index contributed by atoms with van der Waals surface area (Å²) >= 11 is 0. The van der Waals surface area contributed by atoms with Crippen LogP contribution in [0.3, 0.4) is 0 Å². The monoisotopic (exact) mass is 314 g/mol. The van der Waals surface area contributed by atoms with E-state index in [1.807, 2.05) is 6.92 Å². The molecule has 23 heavy (non-hydrogen) atoms. The van der Waals surface area contributed by atoms with Gasteiger partial charge in [-0.25, -0.2) is 0 Å². The molecule has 120 valence electrons. The minimum absolute atomic E-state index is 0.133. The van der Waals surface area contributed by atoms with E-state index in [-0.39, 0.29) is 23.3 Å². The van der Waals surface area contributed by atoms with Gasteiger partial charge in [0.2, 0.25) is 0 Å². The van der Waals surface area contributed by atoms with Crippen LogP contribution in [0.4, 0.5) is 0 Å². The highest BCUT2D eigenvalue weighted by Gasteiger charge is 2.20. The Balaban J connectivity index is 2.28. The minimum atomic E-state index is -0.443. The number of aryl methyl sites for hydroxylation is 1. The number of phenolic OH excluding ortho intramolecular Hbond substituents is 1. The van der Waals surface area contributed by atoms with Gasteiger partial charge < -0.3 is 14.6 Å². The molecule has 5 heteroatoms. The van der Waals surface area contributed by atoms with Gasteiger partial charge >= 0.3 is 0 Å². The van der Waals surface area contributed by atoms with E-state index in [1.165, 1.54) is 26.4 Å². The number of carbonyl (C=O) groups is 2. The van der Waals surface area contributed by atoms with Crippen LogP contribution in [0, 0.1) is 6.92 Å². The summed E-state index contributed by atoms with van der Waals surface area (Å²) in [6.07, 6.45) is -0.361. The predicted octanol–water partition coefficient (Wildman–Crippen LogP) is 3.17. The van der Waals surface area contributed by atoms with Crippen LogP contribution in [0.15, 0.2) is 36.4 Å². The maximum Gasteiger partial charge on any atom is 0.174 e. The van der Waals surface area contributed by atoms with Gasteiger partial charge in [-0.1, -0.05) is 11.6 Å². The first kappa shape index (κ1) is 16.5. The first-order valence-electron chi connectivity index (χ1n) is 7.04. The number of carbonyl (C=O) groups excluding carboxylic acids is 2. The number of aromatic hydroxyl groups is 1. The van der Waals surface area contributed by atoms with Crippen molar-refractivity contribution < 1.29 is 24.2 Å². The van der Waals surface area contributed by atoms with Gasteiger partial charge in [0.1, 0.15) is 17.2 Å². The predicted molar refractivity (Wildman–Crippen MR) is 85.7 cm³/mol. The molecule has 2 aromatic rings. The third-order valence-electron chi connectivity index (χ3n) is 3.48. The first-order valence-corrected chi connectivity index (χ1v) is 7.04. The second-order valence-electron chi connectivity index (χ2n) is 5.11. The Hall–Kier alpha value is -2.82. The molecule has 0 spiro atoms. The largest absolute Gasteiger partial charge is 0.507 e. The Morgan fingerprint density at radius 1 is 0.957 bits per heavy atom. The molecule has 0 saturated heterocycles. The molecule has 0 radical (unpaired) electrons. The molecule has 2 aromatic carbocycles. The third kappa shape index (κ3) is 3.69. The molecule has 0 aliphatic rings. The fourth-order valence-corrected chi connectivity index (χ4v) is 2.24. The summed E-state index contributed by atoms with van der Waals surface area (Å²) in [4.78, 5) is 24.7. The van der Waals surface area contributed by atoms with Crippen LogP contribution in [0.5, 0.6) is 17.2 Å². The molecule has 0 aromatic heterocycles. The topological polar surface area (TPSA) is 72.8 Å². The molecule has 0 aliphatic heterocycles. The van der Waals surface area contributed by atoms with Crippen molar-refractivity contribution in [1.29, 1.82) is 0 Å². The molecular weight excluding hydrogens is 296 g/mol. The SMILES string of the molecule is COc1ccc(OC)c(C(=O)CC(=O)c2cc(C)ccc2O)c1. The standard InChI is InChI=1S/C18H18O5/c1-11-4-6-15(19)13(8-11)16(20)10-17(21)14-9-12(22-2)5-7-18(14)23-3/h4-9,19H,10H2,1-3H3. The van der Waals surface area contributed by atoms with E-state index in [1.54, 1.807) is 24.3 Å². The Morgan fingerprint density at radius 2 is 1.65 bits per heavy atom. The molecule has 0 heterocycles. The average molecular weight is 314 g/mol. The van der Waals surface area contributed by atoms with Crippen molar-refractivity contribution in [3.63, 3.8) is 0 Å². The zero-order valence-corrected chi connectivity index (χ0v) is 13.3. The van der Waals surface area contributed by atoms with Crippen LogP contribution in [0.25, 0.3) is 0 Å². The van der Waals surface area contributed by atoms with Crippen LogP contribution in [0.1, 0.15) is 32.7 Å². The van der Waals surface area contributed by atoms with Crippen LogP contribution in [-0.4, -0.2) is 30.9 Å². The van der Waals surface area contributed by atoms with Crippen molar-refractivity contribution >= 4 is 11.6 Å². The highest BCUT2D eigenvalue weighted by Crippen LogP contribution is 2.27. The lowest BCUT2D eigenvalue weighted by atomic mass is 9.99. The number of benzene rings is 2. The lowest BCUT2D eigenvalue weighted by Gasteiger charge is -2.10. The van der Waals surface area contributed by atoms with Crippen LogP contribution in [-0.2, 0) is 0 Å². The lowest BCUT2D eigenvalue weighted by Crippen LogP contribution is -2.10. The number of Topliss-reactive ketones (excluding diaryl/α,β-unsaturated/α-hetero) is 2.